The van der Waals surface area contributed by atoms with Crippen molar-refractivity contribution in [2.45, 2.75) is 71.8 Å². The molecule has 0 spiro atoms. The van der Waals surface area contributed by atoms with E-state index in [9.17, 15) is 14.4 Å². The number of hydrogen-bond acceptors (Lipinski definition) is 9. The molecule has 0 aliphatic carbocycles. The Morgan fingerprint density at radius 2 is 1.88 bits per heavy atom. The third-order valence-corrected chi connectivity index (χ3v) is 8.45. The largest absolute Gasteiger partial charge is 0.388 e. The van der Waals surface area contributed by atoms with E-state index in [0.717, 1.165) is 65.6 Å². The van der Waals surface area contributed by atoms with Crippen molar-refractivity contribution in [3.8, 4) is 0 Å². The lowest BCUT2D eigenvalue weighted by Gasteiger charge is -2.16. The number of methoxy groups -OCH3 is 1. The van der Waals surface area contributed by atoms with Crippen molar-refractivity contribution in [1.29, 1.82) is 0 Å². The summed E-state index contributed by atoms with van der Waals surface area (Å²) in [6.07, 6.45) is 14.8. The van der Waals surface area contributed by atoms with Crippen molar-refractivity contribution < 1.29 is 14.3 Å². The lowest BCUT2D eigenvalue weighted by atomic mass is 10.0. The van der Waals surface area contributed by atoms with Crippen LogP contribution in [0.25, 0.3) is 11.0 Å². The second-order valence-corrected chi connectivity index (χ2v) is 12.5. The third-order valence-electron chi connectivity index (χ3n) is 7.60. The molecule has 1 atom stereocenters. The molecule has 1 amide bonds. The van der Waals surface area contributed by atoms with Gasteiger partial charge in [-0.2, -0.15) is 0 Å². The number of aldehydes is 1. The molecule has 3 heterocycles. The van der Waals surface area contributed by atoms with E-state index in [2.05, 4.69) is 63.3 Å². The zero-order chi connectivity index (χ0) is 36.2. The number of allylic oxidation sites excluding steroid dienone is 1. The number of carbonyl (C=O) groups excluding carboxylic acids is 2. The van der Waals surface area contributed by atoms with Gasteiger partial charge in [-0.05, 0) is 60.8 Å². The van der Waals surface area contributed by atoms with Crippen LogP contribution in [0.1, 0.15) is 91.3 Å². The summed E-state index contributed by atoms with van der Waals surface area (Å²) in [4.78, 5) is 45.6. The van der Waals surface area contributed by atoms with E-state index in [-0.39, 0.29) is 11.5 Å². The molecular weight excluding hydrogens is 637 g/mol. The molecule has 49 heavy (non-hydrogen) atoms. The molecule has 1 aliphatic rings. The molecule has 0 radical (unpaired) electrons. The molecule has 11 heteroatoms. The van der Waals surface area contributed by atoms with E-state index in [0.29, 0.717) is 42.3 Å². The number of aromatic nitrogens is 3. The van der Waals surface area contributed by atoms with Crippen LogP contribution in [0.2, 0.25) is 0 Å². The fraction of sp³-hybridized carbons (Fsp3) is 0.395. The maximum absolute atomic E-state index is 12.9. The predicted molar refractivity (Wildman–Crippen MR) is 205 cm³/mol. The van der Waals surface area contributed by atoms with Crippen molar-refractivity contribution in [2.24, 2.45) is 0 Å². The van der Waals surface area contributed by atoms with Gasteiger partial charge in [0, 0.05) is 50.9 Å². The number of nitrogens with two attached hydrogens (primary N) is 1. The van der Waals surface area contributed by atoms with E-state index in [1.165, 1.54) is 10.8 Å². The summed E-state index contributed by atoms with van der Waals surface area (Å²) < 4.78 is 5.77. The fourth-order valence-corrected chi connectivity index (χ4v) is 5.57. The van der Waals surface area contributed by atoms with Gasteiger partial charge in [0.25, 0.3) is 5.56 Å². The Morgan fingerprint density at radius 1 is 1.16 bits per heavy atom. The van der Waals surface area contributed by atoms with E-state index < -0.39 is 6.04 Å². The molecule has 0 bridgehead atoms. The van der Waals surface area contributed by atoms with Gasteiger partial charge < -0.3 is 21.1 Å². The molecule has 264 valence electrons. The maximum atomic E-state index is 12.9. The molecule has 3 aromatic rings. The molecule has 1 unspecified atom stereocenters. The first-order valence-corrected chi connectivity index (χ1v) is 17.5. The number of benzene rings is 1. The Labute approximate surface area is 295 Å². The first-order valence-electron chi connectivity index (χ1n) is 16.6. The number of nitrogens with zero attached hydrogens (tertiary/aromatic N) is 3. The van der Waals surface area contributed by atoms with Crippen molar-refractivity contribution in [3.05, 3.63) is 105 Å². The fourth-order valence-electron chi connectivity index (χ4n) is 4.90. The molecule has 0 fully saturated rings. The second kappa shape index (κ2) is 22.2. The minimum atomic E-state index is -0.527. The predicted octanol–water partition coefficient (Wildman–Crippen LogP) is 7.23. The number of hydrogen-bond donors (Lipinski definition) is 3. The van der Waals surface area contributed by atoms with Gasteiger partial charge >= 0.3 is 0 Å². The number of ether oxygens (including phenoxy) is 1. The lowest BCUT2D eigenvalue weighted by Crippen LogP contribution is -2.37. The van der Waals surface area contributed by atoms with E-state index in [4.69, 9.17) is 5.73 Å². The first kappa shape index (κ1) is 40.7. The molecule has 4 rings (SSSR count). The van der Waals surface area contributed by atoms with Gasteiger partial charge in [-0.3, -0.25) is 19.0 Å². The summed E-state index contributed by atoms with van der Waals surface area (Å²) >= 11 is 1.62. The van der Waals surface area contributed by atoms with E-state index in [1.807, 2.05) is 37.3 Å². The van der Waals surface area contributed by atoms with Crippen LogP contribution in [0.3, 0.4) is 0 Å². The Hall–Kier alpha value is -4.48. The number of amides is 1. The molecule has 4 N–H and O–H groups in total. The average Bonchev–Trinajstić information content (AvgIpc) is 3.55. The summed E-state index contributed by atoms with van der Waals surface area (Å²) in [5.41, 5.74) is 10.9. The zero-order valence-corrected chi connectivity index (χ0v) is 30.6. The standard InChI is InChI=1S/C22H30N6O2.C14H16OS.C2H6O/c1-4-5-6-15(10-16-12-25-19(23)9-14(16)2)11-27-21(29)18-7-8-20-26-13-17(24-3)22(30)28(18)20;1-3-4-5-10-16-12(2)14-8-6-13(11-15)7-9-14;1-3-2/h9-10,12-13,18,24H,4-8,11H2,1-3H3,(H2,23,25)(H,27,29);5-11H,2-4H2,1H3;1-2H3/b15-10+;10-5-;. The summed E-state index contributed by atoms with van der Waals surface area (Å²) in [5, 5.41) is 7.94. The van der Waals surface area contributed by atoms with Crippen molar-refractivity contribution in [3.63, 3.8) is 0 Å². The number of nitrogen functional groups attached to an aromatic ring is 1. The number of unbranched alkanes of at least 4 members (excludes halogenated alkanes) is 2. The van der Waals surface area contributed by atoms with Crippen molar-refractivity contribution >= 4 is 46.4 Å². The molecule has 0 saturated carbocycles. The van der Waals surface area contributed by atoms with E-state index >= 15 is 0 Å². The van der Waals surface area contributed by atoms with Gasteiger partial charge in [-0.15, -0.1) is 0 Å². The minimum absolute atomic E-state index is 0.152. The Morgan fingerprint density at radius 3 is 2.49 bits per heavy atom. The number of anilines is 2. The van der Waals surface area contributed by atoms with Crippen molar-refractivity contribution in [2.75, 3.05) is 38.9 Å². The highest BCUT2D eigenvalue weighted by Crippen LogP contribution is 2.27. The van der Waals surface area contributed by atoms with Crippen molar-refractivity contribution in [1.82, 2.24) is 19.9 Å². The highest BCUT2D eigenvalue weighted by Gasteiger charge is 2.30. The third kappa shape index (κ3) is 13.2. The normalized spacial score (nSPS) is 13.4. The van der Waals surface area contributed by atoms with Crippen LogP contribution in [-0.4, -0.2) is 54.5 Å². The number of carbonyl (C=O) groups is 2. The smallest absolute Gasteiger partial charge is 0.277 e. The number of aryl methyl sites for hydroxylation is 2. The Kier molecular flexibility index (Phi) is 18.4. The zero-order valence-electron chi connectivity index (χ0n) is 29.8. The first-order chi connectivity index (χ1) is 23.6. The van der Waals surface area contributed by atoms with Crippen LogP contribution in [0.4, 0.5) is 11.5 Å². The number of thioether (sulfide) groups is 1. The van der Waals surface area contributed by atoms with Gasteiger partial charge in [-0.25, -0.2) is 9.97 Å². The molecule has 2 aromatic heterocycles. The van der Waals surface area contributed by atoms with Gasteiger partial charge in [0.1, 0.15) is 29.7 Å². The van der Waals surface area contributed by atoms with Crippen LogP contribution in [0, 0.1) is 6.92 Å². The highest BCUT2D eigenvalue weighted by molar-refractivity contribution is 8.10. The number of nitrogens with one attached hydrogen (secondary N) is 2. The highest BCUT2D eigenvalue weighted by atomic mass is 32.2. The van der Waals surface area contributed by atoms with Crippen LogP contribution in [-0.2, 0) is 16.0 Å². The van der Waals surface area contributed by atoms with Crippen LogP contribution in [0.5, 0.6) is 0 Å². The summed E-state index contributed by atoms with van der Waals surface area (Å²) in [6, 6.07) is 8.78. The molecule has 10 nitrogen and oxygen atoms in total. The SMILES string of the molecule is C=C(S/C=C\CCC)c1ccc(C=O)cc1.CCCC/C(=C\c1cnc(N)cc1C)CNC(=O)C1CCc2ncc(NC)c(=O)n21.COC. The topological polar surface area (TPSA) is 141 Å². The Bertz CT molecular complexity index is 1630. The molecular formula is C38H52N6O4S. The van der Waals surface area contributed by atoms with Crippen LogP contribution < -0.4 is 21.9 Å². The average molecular weight is 689 g/mol. The monoisotopic (exact) mass is 688 g/mol. The molecule has 1 aromatic carbocycles. The second-order valence-electron chi connectivity index (χ2n) is 11.5. The number of rotatable bonds is 14. The van der Waals surface area contributed by atoms with Gasteiger partial charge in [0.2, 0.25) is 5.91 Å². The molecule has 1 aliphatic heterocycles. The maximum Gasteiger partial charge on any atom is 0.277 e. The van der Waals surface area contributed by atoms with Gasteiger partial charge in [-0.1, -0.05) is 87.0 Å². The number of pyridine rings is 1. The summed E-state index contributed by atoms with van der Waals surface area (Å²) in [5.74, 6) is 0.998. The quantitative estimate of drug-likeness (QED) is 0.150. The van der Waals surface area contributed by atoms with Gasteiger partial charge in [0.05, 0.1) is 6.20 Å². The summed E-state index contributed by atoms with van der Waals surface area (Å²) in [6.45, 7) is 10.7. The summed E-state index contributed by atoms with van der Waals surface area (Å²) in [7, 11) is 4.92. The van der Waals surface area contributed by atoms with Crippen LogP contribution >= 0.6 is 11.8 Å². The molecule has 0 saturated heterocycles. The van der Waals surface area contributed by atoms with Crippen LogP contribution in [0.15, 0.2) is 71.2 Å². The lowest BCUT2D eigenvalue weighted by molar-refractivity contribution is -0.124. The van der Waals surface area contributed by atoms with E-state index in [1.54, 1.807) is 39.2 Å². The Balaban J connectivity index is 0.000000369. The van der Waals surface area contributed by atoms with Gasteiger partial charge in [0.15, 0.2) is 0 Å². The minimum Gasteiger partial charge on any atom is -0.388 e. The number of fused-ring (bicyclic) bond motifs is 1.